The molecule has 2 aromatic rings. The summed E-state index contributed by atoms with van der Waals surface area (Å²) in [5.74, 6) is -0.0549. The van der Waals surface area contributed by atoms with Crippen molar-refractivity contribution in [1.29, 1.82) is 0 Å². The second kappa shape index (κ2) is 10.0. The summed E-state index contributed by atoms with van der Waals surface area (Å²) in [5.41, 5.74) is 2.31. The second-order valence-electron chi connectivity index (χ2n) is 8.33. The molecule has 0 unspecified atom stereocenters. The van der Waals surface area contributed by atoms with Gasteiger partial charge in [-0.15, -0.1) is 0 Å². The predicted molar refractivity (Wildman–Crippen MR) is 125 cm³/mol. The zero-order valence-electron chi connectivity index (χ0n) is 17.4. The maximum atomic E-state index is 12.9. The Morgan fingerprint density at radius 2 is 1.65 bits per heavy atom. The van der Waals surface area contributed by atoms with E-state index in [0.29, 0.717) is 21.3 Å². The zero-order chi connectivity index (χ0) is 21.8. The van der Waals surface area contributed by atoms with Gasteiger partial charge in [-0.2, -0.15) is 0 Å². The van der Waals surface area contributed by atoms with E-state index in [0.717, 1.165) is 64.0 Å². The molecule has 0 radical (unpaired) electrons. The maximum absolute atomic E-state index is 12.9. The number of likely N-dealkylation sites (tertiary alicyclic amines) is 2. The number of halogens is 2. The number of nitrogens with one attached hydrogen (secondary N) is 1. The fourth-order valence-corrected chi connectivity index (χ4v) is 4.67. The van der Waals surface area contributed by atoms with Gasteiger partial charge in [0.2, 0.25) is 5.91 Å². The average Bonchev–Trinajstić information content (AvgIpc) is 3.32. The van der Waals surface area contributed by atoms with Crippen molar-refractivity contribution in [2.75, 3.05) is 31.5 Å². The van der Waals surface area contributed by atoms with Crippen molar-refractivity contribution in [3.63, 3.8) is 0 Å². The molecule has 0 aliphatic carbocycles. The largest absolute Gasteiger partial charge is 0.339 e. The number of para-hydroxylation sites is 1. The molecule has 0 aromatic heterocycles. The van der Waals surface area contributed by atoms with Crippen molar-refractivity contribution in [2.45, 2.75) is 32.2 Å². The summed E-state index contributed by atoms with van der Waals surface area (Å²) in [6.07, 6.45) is 3.66. The quantitative estimate of drug-likeness (QED) is 0.677. The van der Waals surface area contributed by atoms with Gasteiger partial charge in [0.15, 0.2) is 0 Å². The van der Waals surface area contributed by atoms with E-state index in [1.54, 1.807) is 6.07 Å². The number of anilines is 1. The van der Waals surface area contributed by atoms with Crippen LogP contribution in [0.4, 0.5) is 5.69 Å². The summed E-state index contributed by atoms with van der Waals surface area (Å²) < 4.78 is 0. The number of piperidine rings is 1. The van der Waals surface area contributed by atoms with Crippen molar-refractivity contribution in [2.24, 2.45) is 5.92 Å². The third kappa shape index (κ3) is 5.40. The number of amides is 2. The van der Waals surface area contributed by atoms with E-state index in [-0.39, 0.29) is 17.7 Å². The molecule has 2 saturated heterocycles. The molecule has 2 amide bonds. The van der Waals surface area contributed by atoms with Crippen LogP contribution in [-0.4, -0.2) is 47.8 Å². The second-order valence-corrected chi connectivity index (χ2v) is 9.15. The number of hydrogen-bond donors (Lipinski definition) is 1. The monoisotopic (exact) mass is 459 g/mol. The Bertz CT molecular complexity index is 952. The van der Waals surface area contributed by atoms with E-state index in [1.165, 1.54) is 0 Å². The normalized spacial score (nSPS) is 17.7. The first kappa shape index (κ1) is 22.1. The van der Waals surface area contributed by atoms with Gasteiger partial charge in [0.25, 0.3) is 5.91 Å². The van der Waals surface area contributed by atoms with Gasteiger partial charge in [-0.25, -0.2) is 0 Å². The van der Waals surface area contributed by atoms with Crippen LogP contribution < -0.4 is 5.32 Å². The maximum Gasteiger partial charge on any atom is 0.255 e. The highest BCUT2D eigenvalue weighted by Crippen LogP contribution is 2.26. The minimum absolute atomic E-state index is 0.00383. The first-order valence-corrected chi connectivity index (χ1v) is 11.6. The molecule has 2 aliphatic heterocycles. The predicted octanol–water partition coefficient (Wildman–Crippen LogP) is 5.08. The smallest absolute Gasteiger partial charge is 0.255 e. The first-order valence-electron chi connectivity index (χ1n) is 10.9. The highest BCUT2D eigenvalue weighted by molar-refractivity contribution is 6.42. The standard InChI is InChI=1S/C24H27Cl2N3O2/c25-20-8-7-17(15-21(20)26)16-28-13-9-18(10-14-28)23(30)27-22-6-2-1-5-19(22)24(31)29-11-3-4-12-29/h1-2,5-8,15,18H,3-4,9-14,16H2,(H,27,30). The van der Waals surface area contributed by atoms with Crippen LogP contribution in [0.3, 0.4) is 0 Å². The van der Waals surface area contributed by atoms with Crippen molar-refractivity contribution < 1.29 is 9.59 Å². The Morgan fingerprint density at radius 3 is 2.35 bits per heavy atom. The van der Waals surface area contributed by atoms with Crippen LogP contribution in [0.5, 0.6) is 0 Å². The Kier molecular flexibility index (Phi) is 7.16. The van der Waals surface area contributed by atoms with Crippen molar-refractivity contribution in [1.82, 2.24) is 9.80 Å². The molecule has 5 nitrogen and oxygen atoms in total. The Labute approximate surface area is 193 Å². The van der Waals surface area contributed by atoms with Crippen LogP contribution in [0.15, 0.2) is 42.5 Å². The number of carbonyl (C=O) groups excluding carboxylic acids is 2. The van der Waals surface area contributed by atoms with Crippen LogP contribution in [0.25, 0.3) is 0 Å². The first-order chi connectivity index (χ1) is 15.0. The van der Waals surface area contributed by atoms with Gasteiger partial charge < -0.3 is 10.2 Å². The molecular formula is C24H27Cl2N3O2. The van der Waals surface area contributed by atoms with Crippen LogP contribution in [0.2, 0.25) is 10.0 Å². The summed E-state index contributed by atoms with van der Waals surface area (Å²) in [4.78, 5) is 30.0. The number of carbonyl (C=O) groups is 2. The molecule has 2 heterocycles. The minimum Gasteiger partial charge on any atom is -0.339 e. The molecule has 2 fully saturated rings. The summed E-state index contributed by atoms with van der Waals surface area (Å²) in [7, 11) is 0. The van der Waals surface area contributed by atoms with Gasteiger partial charge in [-0.3, -0.25) is 14.5 Å². The van der Waals surface area contributed by atoms with E-state index >= 15 is 0 Å². The van der Waals surface area contributed by atoms with Gasteiger partial charge in [-0.1, -0.05) is 41.4 Å². The molecule has 4 rings (SSSR count). The molecule has 0 saturated carbocycles. The summed E-state index contributed by atoms with van der Waals surface area (Å²) in [5, 5.41) is 4.15. The van der Waals surface area contributed by atoms with E-state index in [4.69, 9.17) is 23.2 Å². The fraction of sp³-hybridized carbons (Fsp3) is 0.417. The summed E-state index contributed by atoms with van der Waals surface area (Å²) in [6.45, 7) is 4.05. The Morgan fingerprint density at radius 1 is 0.935 bits per heavy atom. The lowest BCUT2D eigenvalue weighted by molar-refractivity contribution is -0.121. The van der Waals surface area contributed by atoms with Gasteiger partial charge >= 0.3 is 0 Å². The lowest BCUT2D eigenvalue weighted by atomic mass is 9.95. The highest BCUT2D eigenvalue weighted by Gasteiger charge is 2.27. The molecule has 7 heteroatoms. The lowest BCUT2D eigenvalue weighted by Gasteiger charge is -2.31. The third-order valence-electron chi connectivity index (χ3n) is 6.16. The topological polar surface area (TPSA) is 52.7 Å². The van der Waals surface area contributed by atoms with Crippen molar-refractivity contribution >= 4 is 40.7 Å². The molecule has 164 valence electrons. The van der Waals surface area contributed by atoms with Gasteiger partial charge in [0.05, 0.1) is 21.3 Å². The Balaban J connectivity index is 1.33. The molecule has 1 N–H and O–H groups in total. The highest BCUT2D eigenvalue weighted by atomic mass is 35.5. The van der Waals surface area contributed by atoms with Gasteiger partial charge in [0, 0.05) is 25.6 Å². The van der Waals surface area contributed by atoms with Crippen molar-refractivity contribution in [3.05, 3.63) is 63.6 Å². The van der Waals surface area contributed by atoms with Crippen LogP contribution in [-0.2, 0) is 11.3 Å². The van der Waals surface area contributed by atoms with Gasteiger partial charge in [-0.05, 0) is 68.6 Å². The van der Waals surface area contributed by atoms with Crippen LogP contribution >= 0.6 is 23.2 Å². The third-order valence-corrected chi connectivity index (χ3v) is 6.90. The SMILES string of the molecule is O=C(Nc1ccccc1C(=O)N1CCCC1)C1CCN(Cc2ccc(Cl)c(Cl)c2)CC1. The minimum atomic E-state index is -0.0556. The number of nitrogens with zero attached hydrogens (tertiary/aromatic N) is 2. The summed E-state index contributed by atoms with van der Waals surface area (Å²) in [6, 6.07) is 13.0. The van der Waals surface area contributed by atoms with Crippen LogP contribution in [0, 0.1) is 5.92 Å². The van der Waals surface area contributed by atoms with E-state index < -0.39 is 0 Å². The van der Waals surface area contributed by atoms with E-state index in [2.05, 4.69) is 10.2 Å². The number of rotatable bonds is 5. The summed E-state index contributed by atoms with van der Waals surface area (Å²) >= 11 is 12.1. The molecule has 0 spiro atoms. The number of benzene rings is 2. The molecule has 2 aromatic carbocycles. The fourth-order valence-electron chi connectivity index (χ4n) is 4.35. The van der Waals surface area contributed by atoms with E-state index in [1.807, 2.05) is 41.3 Å². The molecule has 0 atom stereocenters. The lowest BCUT2D eigenvalue weighted by Crippen LogP contribution is -2.38. The van der Waals surface area contributed by atoms with Gasteiger partial charge in [0.1, 0.15) is 0 Å². The van der Waals surface area contributed by atoms with Crippen molar-refractivity contribution in [3.8, 4) is 0 Å². The molecule has 2 aliphatic rings. The molecular weight excluding hydrogens is 433 g/mol. The Hall–Kier alpha value is -2.08. The average molecular weight is 460 g/mol. The van der Waals surface area contributed by atoms with E-state index in [9.17, 15) is 9.59 Å². The molecule has 31 heavy (non-hydrogen) atoms. The zero-order valence-corrected chi connectivity index (χ0v) is 19.0. The number of hydrogen-bond acceptors (Lipinski definition) is 3. The molecule has 0 bridgehead atoms. The van der Waals surface area contributed by atoms with Crippen LogP contribution in [0.1, 0.15) is 41.6 Å².